The first-order chi connectivity index (χ1) is 5.54. The maximum absolute atomic E-state index is 13.0. The Kier molecular flexibility index (Phi) is 3.56. The number of hydrogen-bond donors (Lipinski definition) is 0. The first kappa shape index (κ1) is 10.5. The second-order valence-electron chi connectivity index (χ2n) is 1.92. The number of halogens is 5. The molecule has 12 heavy (non-hydrogen) atoms. The van der Waals surface area contributed by atoms with Crippen LogP contribution in [0.5, 0.6) is 0 Å². The standard InChI is InChI=1S/C6H2F3I2N/c7-3-4(11)2(10)1-12-5(3)6(8)9/h1,6H. The second kappa shape index (κ2) is 4.07. The summed E-state index contributed by atoms with van der Waals surface area (Å²) in [4.78, 5) is 3.30. The van der Waals surface area contributed by atoms with Crippen molar-refractivity contribution in [3.63, 3.8) is 0 Å². The highest BCUT2D eigenvalue weighted by Crippen LogP contribution is 2.25. The zero-order chi connectivity index (χ0) is 9.30. The minimum Gasteiger partial charge on any atom is -0.251 e. The molecule has 6 heteroatoms. The molecule has 0 bridgehead atoms. The summed E-state index contributed by atoms with van der Waals surface area (Å²) >= 11 is 3.51. The lowest BCUT2D eigenvalue weighted by molar-refractivity contribution is 0.140. The van der Waals surface area contributed by atoms with Crippen molar-refractivity contribution in [2.75, 3.05) is 0 Å². The van der Waals surface area contributed by atoms with Gasteiger partial charge in [0.1, 0.15) is 5.69 Å². The van der Waals surface area contributed by atoms with Crippen LogP contribution < -0.4 is 0 Å². The molecule has 1 heterocycles. The van der Waals surface area contributed by atoms with Gasteiger partial charge >= 0.3 is 0 Å². The van der Waals surface area contributed by atoms with E-state index < -0.39 is 17.9 Å². The van der Waals surface area contributed by atoms with Crippen LogP contribution in [0.25, 0.3) is 0 Å². The summed E-state index contributed by atoms with van der Waals surface area (Å²) in [6, 6.07) is 0. The Hall–Kier alpha value is 0.400. The molecule has 1 nitrogen and oxygen atoms in total. The van der Waals surface area contributed by atoms with E-state index in [-0.39, 0.29) is 3.57 Å². The van der Waals surface area contributed by atoms with Crippen molar-refractivity contribution in [3.8, 4) is 0 Å². The maximum atomic E-state index is 13.0. The number of nitrogens with zero attached hydrogens (tertiary/aromatic N) is 1. The quantitative estimate of drug-likeness (QED) is 0.661. The summed E-state index contributed by atoms with van der Waals surface area (Å²) in [7, 11) is 0. The fourth-order valence-corrected chi connectivity index (χ4v) is 1.40. The first-order valence-corrected chi connectivity index (χ1v) is 4.97. The largest absolute Gasteiger partial charge is 0.283 e. The average molecular weight is 399 g/mol. The van der Waals surface area contributed by atoms with Gasteiger partial charge in [0.15, 0.2) is 5.82 Å². The summed E-state index contributed by atoms with van der Waals surface area (Å²) in [6.45, 7) is 0. The summed E-state index contributed by atoms with van der Waals surface area (Å²) in [5.74, 6) is -0.919. The molecule has 0 saturated carbocycles. The fourth-order valence-electron chi connectivity index (χ4n) is 0.609. The van der Waals surface area contributed by atoms with Crippen LogP contribution in [-0.4, -0.2) is 4.98 Å². The monoisotopic (exact) mass is 399 g/mol. The van der Waals surface area contributed by atoms with Gasteiger partial charge in [-0.25, -0.2) is 13.2 Å². The van der Waals surface area contributed by atoms with E-state index in [0.29, 0.717) is 3.57 Å². The number of rotatable bonds is 1. The Morgan fingerprint density at radius 1 is 1.33 bits per heavy atom. The van der Waals surface area contributed by atoms with Crippen LogP contribution >= 0.6 is 45.2 Å². The van der Waals surface area contributed by atoms with E-state index >= 15 is 0 Å². The first-order valence-electron chi connectivity index (χ1n) is 2.81. The minimum absolute atomic E-state index is 0.193. The number of pyridine rings is 1. The molecule has 0 unspecified atom stereocenters. The molecule has 1 aromatic heterocycles. The van der Waals surface area contributed by atoms with Gasteiger partial charge in [0.25, 0.3) is 6.43 Å². The SMILES string of the molecule is Fc1c(C(F)F)ncc(I)c1I. The summed E-state index contributed by atoms with van der Waals surface area (Å²) in [5.41, 5.74) is -0.778. The highest BCUT2D eigenvalue weighted by Gasteiger charge is 2.18. The van der Waals surface area contributed by atoms with E-state index in [0.717, 1.165) is 0 Å². The Balaban J connectivity index is 3.27. The van der Waals surface area contributed by atoms with Gasteiger partial charge in [-0.1, -0.05) is 0 Å². The highest BCUT2D eigenvalue weighted by atomic mass is 127. The van der Waals surface area contributed by atoms with Gasteiger partial charge in [0.05, 0.1) is 3.57 Å². The molecule has 0 aliphatic rings. The molecule has 1 aromatic rings. The molecule has 0 aliphatic carbocycles. The van der Waals surface area contributed by atoms with Crippen molar-refractivity contribution in [1.29, 1.82) is 0 Å². The Morgan fingerprint density at radius 2 is 1.92 bits per heavy atom. The highest BCUT2D eigenvalue weighted by molar-refractivity contribution is 14.1. The Morgan fingerprint density at radius 3 is 2.42 bits per heavy atom. The average Bonchev–Trinajstić information content (AvgIpc) is 2.00. The molecular formula is C6H2F3I2N. The van der Waals surface area contributed by atoms with Crippen molar-refractivity contribution in [2.24, 2.45) is 0 Å². The van der Waals surface area contributed by atoms with E-state index in [1.807, 2.05) is 22.6 Å². The number of alkyl halides is 2. The van der Waals surface area contributed by atoms with Gasteiger partial charge in [-0.05, 0) is 45.2 Å². The van der Waals surface area contributed by atoms with Crippen LogP contribution in [0.4, 0.5) is 13.2 Å². The molecular weight excluding hydrogens is 397 g/mol. The van der Waals surface area contributed by atoms with Crippen LogP contribution in [0.15, 0.2) is 6.20 Å². The van der Waals surface area contributed by atoms with E-state index in [1.54, 1.807) is 22.6 Å². The summed E-state index contributed by atoms with van der Waals surface area (Å²) < 4.78 is 37.8. The lowest BCUT2D eigenvalue weighted by Crippen LogP contribution is -1.99. The molecule has 0 radical (unpaired) electrons. The van der Waals surface area contributed by atoms with Crippen molar-refractivity contribution in [2.45, 2.75) is 6.43 Å². The molecule has 0 atom stereocenters. The van der Waals surface area contributed by atoms with Crippen LogP contribution in [0, 0.1) is 13.0 Å². The van der Waals surface area contributed by atoms with Gasteiger partial charge in [-0.3, -0.25) is 4.98 Å². The third kappa shape index (κ3) is 2.01. The maximum Gasteiger partial charge on any atom is 0.283 e. The number of aromatic nitrogens is 1. The number of hydrogen-bond acceptors (Lipinski definition) is 1. The van der Waals surface area contributed by atoms with Gasteiger partial charge < -0.3 is 0 Å². The van der Waals surface area contributed by atoms with Gasteiger partial charge in [-0.2, -0.15) is 0 Å². The second-order valence-corrected chi connectivity index (χ2v) is 4.16. The minimum atomic E-state index is -2.85. The van der Waals surface area contributed by atoms with Crippen LogP contribution in [0.3, 0.4) is 0 Å². The molecule has 0 aromatic carbocycles. The predicted octanol–water partition coefficient (Wildman–Crippen LogP) is 3.37. The van der Waals surface area contributed by atoms with E-state index in [9.17, 15) is 13.2 Å². The summed E-state index contributed by atoms with van der Waals surface area (Å²) in [5, 5.41) is 0. The molecule has 0 spiro atoms. The van der Waals surface area contributed by atoms with Crippen molar-refractivity contribution in [3.05, 3.63) is 24.8 Å². The van der Waals surface area contributed by atoms with Crippen molar-refractivity contribution in [1.82, 2.24) is 4.98 Å². The van der Waals surface area contributed by atoms with Crippen LogP contribution in [0.1, 0.15) is 12.1 Å². The van der Waals surface area contributed by atoms with Crippen LogP contribution in [0.2, 0.25) is 0 Å². The molecule has 1 rings (SSSR count). The molecule has 0 saturated heterocycles. The smallest absolute Gasteiger partial charge is 0.251 e. The van der Waals surface area contributed by atoms with Gasteiger partial charge in [0.2, 0.25) is 0 Å². The zero-order valence-electron chi connectivity index (χ0n) is 5.49. The molecule has 0 amide bonds. The van der Waals surface area contributed by atoms with Crippen LogP contribution in [-0.2, 0) is 0 Å². The van der Waals surface area contributed by atoms with Gasteiger partial charge in [-0.15, -0.1) is 0 Å². The molecule has 0 aliphatic heterocycles. The molecule has 66 valence electrons. The predicted molar refractivity (Wildman–Crippen MR) is 54.6 cm³/mol. The summed E-state index contributed by atoms with van der Waals surface area (Å²) in [6.07, 6.45) is -1.62. The van der Waals surface area contributed by atoms with E-state index in [1.165, 1.54) is 6.20 Å². The van der Waals surface area contributed by atoms with E-state index in [4.69, 9.17) is 0 Å². The fraction of sp³-hybridized carbons (Fsp3) is 0.167. The third-order valence-corrected chi connectivity index (χ3v) is 4.06. The molecule has 0 N–H and O–H groups in total. The van der Waals surface area contributed by atoms with Crippen molar-refractivity contribution < 1.29 is 13.2 Å². The molecule has 0 fully saturated rings. The Bertz CT molecular complexity index is 303. The normalized spacial score (nSPS) is 10.8. The van der Waals surface area contributed by atoms with Crippen molar-refractivity contribution >= 4 is 45.2 Å². The lowest BCUT2D eigenvalue weighted by Gasteiger charge is -2.03. The lowest BCUT2D eigenvalue weighted by atomic mass is 10.3. The third-order valence-electron chi connectivity index (χ3n) is 1.15. The van der Waals surface area contributed by atoms with Gasteiger partial charge in [0, 0.05) is 9.77 Å². The topological polar surface area (TPSA) is 12.9 Å². The van der Waals surface area contributed by atoms with E-state index in [2.05, 4.69) is 4.98 Å². The zero-order valence-corrected chi connectivity index (χ0v) is 9.81. The Labute approximate surface area is 94.0 Å².